The van der Waals surface area contributed by atoms with Crippen molar-refractivity contribution in [3.63, 3.8) is 0 Å². The van der Waals surface area contributed by atoms with Gasteiger partial charge in [0.1, 0.15) is 5.75 Å². The first-order valence-electron chi connectivity index (χ1n) is 13.7. The molecule has 37 heavy (non-hydrogen) atoms. The summed E-state index contributed by atoms with van der Waals surface area (Å²) >= 11 is 6.36. The van der Waals surface area contributed by atoms with Crippen LogP contribution in [-0.2, 0) is 16.6 Å². The monoisotopic (exact) mass is 525 g/mol. The SMILES string of the molecule is C[C@@H]1C[C@H](O)C[C@H]([C@@H]2CC[C@H]2CN2CC3(CCCc4cc(Cl)ccc43)COc3ccc(C(=O)O)cc32)O1. The van der Waals surface area contributed by atoms with E-state index in [0.29, 0.717) is 31.3 Å². The van der Waals surface area contributed by atoms with Gasteiger partial charge in [-0.1, -0.05) is 17.7 Å². The van der Waals surface area contributed by atoms with Crippen LogP contribution in [0, 0.1) is 11.8 Å². The van der Waals surface area contributed by atoms with E-state index in [2.05, 4.69) is 24.0 Å². The predicted octanol–water partition coefficient (Wildman–Crippen LogP) is 5.47. The Morgan fingerprint density at radius 1 is 1.19 bits per heavy atom. The second kappa shape index (κ2) is 9.79. The number of anilines is 1. The quantitative estimate of drug-likeness (QED) is 0.551. The molecule has 7 heteroatoms. The van der Waals surface area contributed by atoms with Crippen molar-refractivity contribution >= 4 is 23.3 Å². The number of carboxylic acid groups (broad SMARTS) is 1. The summed E-state index contributed by atoms with van der Waals surface area (Å²) in [5.74, 6) is 0.643. The Balaban J connectivity index is 1.34. The van der Waals surface area contributed by atoms with Gasteiger partial charge in [-0.25, -0.2) is 4.79 Å². The first-order valence-corrected chi connectivity index (χ1v) is 14.1. The van der Waals surface area contributed by atoms with Crippen LogP contribution in [0.2, 0.25) is 5.02 Å². The number of benzene rings is 2. The maximum atomic E-state index is 11.9. The highest BCUT2D eigenvalue weighted by Gasteiger charge is 2.45. The molecule has 2 heterocycles. The Kier molecular flexibility index (Phi) is 6.62. The van der Waals surface area contributed by atoms with Gasteiger partial charge in [0.05, 0.1) is 36.2 Å². The molecule has 6 rings (SSSR count). The highest BCUT2D eigenvalue weighted by Crippen LogP contribution is 2.47. The number of rotatable bonds is 4. The van der Waals surface area contributed by atoms with Gasteiger partial charge in [-0.3, -0.25) is 0 Å². The van der Waals surface area contributed by atoms with E-state index in [1.807, 2.05) is 12.1 Å². The third-order valence-electron chi connectivity index (χ3n) is 9.21. The van der Waals surface area contributed by atoms with Crippen LogP contribution in [0.25, 0.3) is 0 Å². The lowest BCUT2D eigenvalue weighted by Crippen LogP contribution is -2.51. The molecule has 0 amide bonds. The van der Waals surface area contributed by atoms with Crippen LogP contribution in [0.5, 0.6) is 5.75 Å². The van der Waals surface area contributed by atoms with Crippen LogP contribution in [0.3, 0.4) is 0 Å². The maximum Gasteiger partial charge on any atom is 0.335 e. The van der Waals surface area contributed by atoms with E-state index in [1.165, 1.54) is 11.1 Å². The molecule has 2 aromatic rings. The Morgan fingerprint density at radius 3 is 2.81 bits per heavy atom. The molecule has 2 N–H and O–H groups in total. The zero-order valence-corrected chi connectivity index (χ0v) is 22.1. The number of halogens is 1. The van der Waals surface area contributed by atoms with Crippen molar-refractivity contribution in [3.8, 4) is 5.75 Å². The topological polar surface area (TPSA) is 79.2 Å². The third kappa shape index (κ3) is 4.73. The number of aliphatic hydroxyl groups is 1. The van der Waals surface area contributed by atoms with E-state index in [-0.39, 0.29) is 29.3 Å². The number of aromatic carboxylic acids is 1. The van der Waals surface area contributed by atoms with Crippen molar-refractivity contribution < 1.29 is 24.5 Å². The second-order valence-corrected chi connectivity index (χ2v) is 12.1. The number of carbonyl (C=O) groups is 1. The number of ether oxygens (including phenoxy) is 2. The summed E-state index contributed by atoms with van der Waals surface area (Å²) < 4.78 is 12.8. The molecule has 2 aliphatic carbocycles. The smallest absolute Gasteiger partial charge is 0.335 e. The van der Waals surface area contributed by atoms with Gasteiger partial charge >= 0.3 is 5.97 Å². The molecule has 1 saturated heterocycles. The van der Waals surface area contributed by atoms with Crippen LogP contribution in [0.15, 0.2) is 36.4 Å². The molecule has 0 radical (unpaired) electrons. The number of hydrogen-bond acceptors (Lipinski definition) is 5. The van der Waals surface area contributed by atoms with Gasteiger partial charge in [0.15, 0.2) is 0 Å². The molecule has 0 aromatic heterocycles. The maximum absolute atomic E-state index is 11.9. The van der Waals surface area contributed by atoms with Gasteiger partial charge in [-0.15, -0.1) is 0 Å². The van der Waals surface area contributed by atoms with Crippen molar-refractivity contribution in [2.45, 2.75) is 75.6 Å². The molecule has 2 aromatic carbocycles. The van der Waals surface area contributed by atoms with Gasteiger partial charge < -0.3 is 24.6 Å². The van der Waals surface area contributed by atoms with Gasteiger partial charge in [0.25, 0.3) is 0 Å². The summed E-state index contributed by atoms with van der Waals surface area (Å²) in [7, 11) is 0. The first kappa shape index (κ1) is 25.0. The van der Waals surface area contributed by atoms with E-state index in [0.717, 1.165) is 61.7 Å². The molecule has 1 spiro atoms. The van der Waals surface area contributed by atoms with Crippen LogP contribution < -0.4 is 9.64 Å². The lowest BCUT2D eigenvalue weighted by molar-refractivity contribution is -0.135. The van der Waals surface area contributed by atoms with Crippen molar-refractivity contribution in [1.29, 1.82) is 0 Å². The Hall–Kier alpha value is -2.28. The minimum atomic E-state index is -0.931. The Labute approximate surface area is 223 Å². The van der Waals surface area contributed by atoms with Crippen molar-refractivity contribution in [2.75, 3.05) is 24.6 Å². The summed E-state index contributed by atoms with van der Waals surface area (Å²) in [6, 6.07) is 11.5. The number of nitrogens with zero attached hydrogens (tertiary/aromatic N) is 1. The summed E-state index contributed by atoms with van der Waals surface area (Å²) in [4.78, 5) is 14.3. The van der Waals surface area contributed by atoms with Gasteiger partial charge in [-0.2, -0.15) is 0 Å². The summed E-state index contributed by atoms with van der Waals surface area (Å²) in [5.41, 5.74) is 3.54. The highest BCUT2D eigenvalue weighted by atomic mass is 35.5. The van der Waals surface area contributed by atoms with Crippen molar-refractivity contribution in [3.05, 3.63) is 58.1 Å². The highest BCUT2D eigenvalue weighted by molar-refractivity contribution is 6.30. The molecule has 0 bridgehead atoms. The molecule has 6 nitrogen and oxygen atoms in total. The first-order chi connectivity index (χ1) is 17.8. The number of aryl methyl sites for hydroxylation is 1. The Bertz CT molecular complexity index is 1180. The van der Waals surface area contributed by atoms with Crippen LogP contribution >= 0.6 is 11.6 Å². The van der Waals surface area contributed by atoms with Gasteiger partial charge in [0, 0.05) is 23.5 Å². The minimum absolute atomic E-state index is 0.0780. The normalized spacial score (nSPS) is 33.1. The number of hydrogen-bond donors (Lipinski definition) is 2. The summed E-state index contributed by atoms with van der Waals surface area (Å²) in [6.45, 7) is 4.20. The van der Waals surface area contributed by atoms with Crippen molar-refractivity contribution in [2.24, 2.45) is 11.8 Å². The van der Waals surface area contributed by atoms with E-state index >= 15 is 0 Å². The lowest BCUT2D eigenvalue weighted by Gasteiger charge is -2.48. The molecular weight excluding hydrogens is 490 g/mol. The fourth-order valence-corrected chi connectivity index (χ4v) is 7.47. The molecule has 1 saturated carbocycles. The fourth-order valence-electron chi connectivity index (χ4n) is 7.27. The van der Waals surface area contributed by atoms with Crippen LogP contribution in [-0.4, -0.2) is 54.2 Å². The van der Waals surface area contributed by atoms with Gasteiger partial charge in [-0.05, 0) is 105 Å². The molecule has 4 aliphatic rings. The van der Waals surface area contributed by atoms with Crippen LogP contribution in [0.4, 0.5) is 5.69 Å². The van der Waals surface area contributed by atoms with Gasteiger partial charge in [0.2, 0.25) is 0 Å². The zero-order valence-electron chi connectivity index (χ0n) is 21.4. The predicted molar refractivity (Wildman–Crippen MR) is 143 cm³/mol. The molecule has 2 aliphatic heterocycles. The third-order valence-corrected chi connectivity index (χ3v) is 9.44. The van der Waals surface area contributed by atoms with Crippen LogP contribution in [0.1, 0.15) is 66.9 Å². The average Bonchev–Trinajstić information content (AvgIpc) is 2.98. The standard InChI is InChI=1S/C30H36ClNO5/c1-18-11-23(33)14-28(37-18)24-7-4-21(24)15-32-16-30(10-2-3-19-12-22(31)6-8-25(19)30)17-36-27-9-5-20(29(34)35)13-26(27)32/h5-6,8-9,12-13,18,21,23-24,28,33H,2-4,7,10-11,14-17H2,1H3,(H,34,35)/t18-,21+,23+,24-,28-,30?/m1/s1. The van der Waals surface area contributed by atoms with E-state index in [1.54, 1.807) is 12.1 Å². The lowest BCUT2D eigenvalue weighted by atomic mass is 9.67. The molecule has 2 fully saturated rings. The zero-order chi connectivity index (χ0) is 25.7. The number of fused-ring (bicyclic) bond motifs is 3. The minimum Gasteiger partial charge on any atom is -0.490 e. The molecule has 1 unspecified atom stereocenters. The molecule has 198 valence electrons. The Morgan fingerprint density at radius 2 is 2.05 bits per heavy atom. The average molecular weight is 526 g/mol. The number of aliphatic hydroxyl groups excluding tert-OH is 1. The number of carboxylic acids is 1. The van der Waals surface area contributed by atoms with Crippen molar-refractivity contribution in [1.82, 2.24) is 0 Å². The van der Waals surface area contributed by atoms with E-state index in [4.69, 9.17) is 21.1 Å². The summed E-state index contributed by atoms with van der Waals surface area (Å²) in [5, 5.41) is 20.9. The molecular formula is C30H36ClNO5. The fraction of sp³-hybridized carbons (Fsp3) is 0.567. The molecule has 6 atom stereocenters. The van der Waals surface area contributed by atoms with E-state index in [9.17, 15) is 15.0 Å². The second-order valence-electron chi connectivity index (χ2n) is 11.7. The van der Waals surface area contributed by atoms with E-state index < -0.39 is 5.97 Å². The summed E-state index contributed by atoms with van der Waals surface area (Å²) in [6.07, 6.45) is 6.58. The largest absolute Gasteiger partial charge is 0.490 e.